The highest BCUT2D eigenvalue weighted by atomic mass is 15.2. The summed E-state index contributed by atoms with van der Waals surface area (Å²) in [5, 5.41) is 0. The normalized spacial score (nSPS) is 14.4. The van der Waals surface area contributed by atoms with E-state index in [2.05, 4.69) is 351 Å². The minimum atomic E-state index is -0.121. The van der Waals surface area contributed by atoms with Gasteiger partial charge in [-0.2, -0.15) is 0 Å². The Balaban J connectivity index is 1.45. The Morgan fingerprint density at radius 3 is 0.747 bits per heavy atom. The monoisotopic (exact) mass is 1210 g/mol. The van der Waals surface area contributed by atoms with E-state index in [1.807, 2.05) is 0 Å². The van der Waals surface area contributed by atoms with Crippen molar-refractivity contribution in [1.29, 1.82) is 0 Å². The van der Waals surface area contributed by atoms with Crippen LogP contribution in [0.15, 0.2) is 133 Å². The molecule has 478 valence electrons. The van der Waals surface area contributed by atoms with Crippen LogP contribution in [-0.4, -0.2) is 11.7 Å². The lowest BCUT2D eigenvalue weighted by Gasteiger charge is -2.45. The number of benzene rings is 7. The second-order valence-corrected chi connectivity index (χ2v) is 37.8. The van der Waals surface area contributed by atoms with Gasteiger partial charge in [-0.25, -0.2) is 4.98 Å². The summed E-state index contributed by atoms with van der Waals surface area (Å²) in [6.07, 6.45) is 0. The third-order valence-corrected chi connectivity index (χ3v) is 19.7. The lowest BCUT2D eigenvalue weighted by Crippen LogP contribution is -2.61. The van der Waals surface area contributed by atoms with E-state index >= 15 is 0 Å². The Morgan fingerprint density at radius 2 is 0.473 bits per heavy atom. The molecule has 0 bridgehead atoms. The molecule has 1 aromatic heterocycles. The summed E-state index contributed by atoms with van der Waals surface area (Å²) in [6.45, 7) is 70.8. The van der Waals surface area contributed by atoms with Crippen molar-refractivity contribution in [1.82, 2.24) is 4.98 Å². The molecule has 10 rings (SSSR count). The van der Waals surface area contributed by atoms with Gasteiger partial charge < -0.3 is 9.80 Å². The Kier molecular flexibility index (Phi) is 16.2. The van der Waals surface area contributed by atoms with E-state index in [1.165, 1.54) is 112 Å². The van der Waals surface area contributed by atoms with Crippen LogP contribution in [0.2, 0.25) is 0 Å². The number of anilines is 6. The van der Waals surface area contributed by atoms with Crippen LogP contribution in [0.5, 0.6) is 0 Å². The number of rotatable bonds is 5. The number of nitrogens with zero attached hydrogens (tertiary/aromatic N) is 3. The smallest absolute Gasteiger partial charge is 0.252 e. The van der Waals surface area contributed by atoms with Crippen LogP contribution in [-0.2, 0) is 54.1 Å². The number of aromatic nitrogens is 1. The predicted molar refractivity (Wildman–Crippen MR) is 402 cm³/mol. The standard InChI is InChI=1S/C87H112BN3/c1-78(2,3)57-31-33-69-73(51-57)90(67-47-63(84(19,20)21)45-64(48-67)85(22,23)24)75-41-56(42-76-77(75)88(69)70-34-32-58(79(4,5)6)52-74(70)91(76)68-49-65(86(25,26)27)46-66(50-68)87(28,29)30)72-40-54(53-35-59(80(7,8)9)43-60(36-53)81(10,11)12)39-71(89-72)55-37-61(82(13,14)15)44-62(38-55)83(16,17)18/h31-52H,1-30H3. The van der Waals surface area contributed by atoms with Crippen LogP contribution in [0.4, 0.5) is 34.1 Å². The summed E-state index contributed by atoms with van der Waals surface area (Å²) in [7, 11) is 0. The fourth-order valence-electron chi connectivity index (χ4n) is 13.1. The average molecular weight is 1210 g/mol. The first-order valence-corrected chi connectivity index (χ1v) is 34.1. The molecule has 3 nitrogen and oxygen atoms in total. The summed E-state index contributed by atoms with van der Waals surface area (Å²) in [5.41, 5.74) is 29.8. The fourth-order valence-corrected chi connectivity index (χ4v) is 13.1. The molecule has 0 saturated carbocycles. The zero-order valence-corrected chi connectivity index (χ0v) is 62.1. The third-order valence-electron chi connectivity index (χ3n) is 19.7. The van der Waals surface area contributed by atoms with Gasteiger partial charge in [-0.15, -0.1) is 0 Å². The van der Waals surface area contributed by atoms with Gasteiger partial charge in [0.2, 0.25) is 0 Å². The average Bonchev–Trinajstić information content (AvgIpc) is 0.693. The summed E-state index contributed by atoms with van der Waals surface area (Å²) < 4.78 is 0. The molecule has 0 radical (unpaired) electrons. The maximum atomic E-state index is 6.08. The molecule has 0 saturated heterocycles. The lowest BCUT2D eigenvalue weighted by molar-refractivity contribution is 0.568. The van der Waals surface area contributed by atoms with Crippen molar-refractivity contribution < 1.29 is 0 Å². The molecule has 91 heavy (non-hydrogen) atoms. The minimum Gasteiger partial charge on any atom is -0.311 e. The highest BCUT2D eigenvalue weighted by Crippen LogP contribution is 2.51. The first-order valence-electron chi connectivity index (χ1n) is 34.1. The van der Waals surface area contributed by atoms with E-state index in [0.29, 0.717) is 0 Å². The van der Waals surface area contributed by atoms with Crippen molar-refractivity contribution in [2.24, 2.45) is 0 Å². The maximum absolute atomic E-state index is 6.08. The van der Waals surface area contributed by atoms with Crippen molar-refractivity contribution >= 4 is 57.2 Å². The van der Waals surface area contributed by atoms with Crippen molar-refractivity contribution in [2.75, 3.05) is 9.80 Å². The maximum Gasteiger partial charge on any atom is 0.252 e. The van der Waals surface area contributed by atoms with Gasteiger partial charge in [-0.3, -0.25) is 0 Å². The Hall–Kier alpha value is -6.65. The second-order valence-electron chi connectivity index (χ2n) is 37.8. The summed E-state index contributed by atoms with van der Waals surface area (Å²) in [6, 6.07) is 54.5. The van der Waals surface area contributed by atoms with Crippen LogP contribution < -0.4 is 26.2 Å². The Bertz CT molecular complexity index is 3760. The van der Waals surface area contributed by atoms with Gasteiger partial charge in [0.15, 0.2) is 0 Å². The molecular formula is C87H112BN3. The number of hydrogen-bond acceptors (Lipinski definition) is 3. The molecule has 0 N–H and O–H groups in total. The lowest BCUT2D eigenvalue weighted by atomic mass is 9.33. The number of fused-ring (bicyclic) bond motifs is 4. The van der Waals surface area contributed by atoms with Crippen molar-refractivity contribution in [2.45, 2.75) is 262 Å². The van der Waals surface area contributed by atoms with Gasteiger partial charge in [0.25, 0.3) is 6.71 Å². The van der Waals surface area contributed by atoms with Crippen LogP contribution >= 0.6 is 0 Å². The van der Waals surface area contributed by atoms with Gasteiger partial charge >= 0.3 is 0 Å². The van der Waals surface area contributed by atoms with Crippen molar-refractivity contribution in [3.05, 3.63) is 189 Å². The highest BCUT2D eigenvalue weighted by molar-refractivity contribution is 7.00. The third kappa shape index (κ3) is 13.3. The van der Waals surface area contributed by atoms with Crippen LogP contribution in [0.3, 0.4) is 0 Å². The fraction of sp³-hybridized carbons (Fsp3) is 0.460. The van der Waals surface area contributed by atoms with E-state index in [0.717, 1.165) is 28.1 Å². The molecule has 0 fully saturated rings. The van der Waals surface area contributed by atoms with E-state index in [-0.39, 0.29) is 60.9 Å². The molecule has 7 aromatic carbocycles. The quantitative estimate of drug-likeness (QED) is 0.160. The van der Waals surface area contributed by atoms with E-state index in [4.69, 9.17) is 4.98 Å². The summed E-state index contributed by atoms with van der Waals surface area (Å²) >= 11 is 0. The van der Waals surface area contributed by atoms with Gasteiger partial charge in [-0.1, -0.05) is 268 Å². The number of pyridine rings is 1. The largest absolute Gasteiger partial charge is 0.311 e. The molecule has 2 aliphatic heterocycles. The first kappa shape index (κ1) is 67.3. The molecule has 0 atom stereocenters. The summed E-state index contributed by atoms with van der Waals surface area (Å²) in [4.78, 5) is 11.4. The molecule has 0 unspecified atom stereocenters. The van der Waals surface area contributed by atoms with Crippen molar-refractivity contribution in [3.8, 4) is 33.6 Å². The van der Waals surface area contributed by atoms with E-state index < -0.39 is 0 Å². The van der Waals surface area contributed by atoms with Crippen LogP contribution in [0, 0.1) is 0 Å². The first-order chi connectivity index (χ1) is 41.4. The molecule has 0 aliphatic carbocycles. The molecule has 8 aromatic rings. The molecule has 0 spiro atoms. The molecule has 2 aliphatic rings. The Labute approximate surface area is 553 Å². The topological polar surface area (TPSA) is 19.4 Å². The van der Waals surface area contributed by atoms with Gasteiger partial charge in [0, 0.05) is 45.3 Å². The van der Waals surface area contributed by atoms with Crippen LogP contribution in [0.1, 0.15) is 263 Å². The van der Waals surface area contributed by atoms with Gasteiger partial charge in [0.05, 0.1) is 11.4 Å². The SMILES string of the molecule is CC(C)(C)c1cc(-c2cc(-c3cc(C(C)(C)C)cc(C(C)(C)C)c3)nc(-c3cc4c5c(c3)N(c3cc(C(C)(C)C)cc(C(C)(C)C)c3)c3cc(C(C)(C)C)ccc3B5c3ccc(C(C)(C)C)cc3N4c3cc(C(C)(C)C)cc(C(C)(C)C)c3)c2)cc(C(C)(C)C)c1. The van der Waals surface area contributed by atoms with E-state index in [9.17, 15) is 0 Å². The van der Waals surface area contributed by atoms with E-state index in [1.54, 1.807) is 0 Å². The highest BCUT2D eigenvalue weighted by Gasteiger charge is 2.45. The Morgan fingerprint density at radius 1 is 0.231 bits per heavy atom. The predicted octanol–water partition coefficient (Wildman–Crippen LogP) is 23.1. The molecule has 4 heteroatoms. The van der Waals surface area contributed by atoms with Crippen molar-refractivity contribution in [3.63, 3.8) is 0 Å². The van der Waals surface area contributed by atoms with Gasteiger partial charge in [0.1, 0.15) is 0 Å². The van der Waals surface area contributed by atoms with Gasteiger partial charge in [-0.05, 0) is 210 Å². The summed E-state index contributed by atoms with van der Waals surface area (Å²) in [5.74, 6) is 0. The second kappa shape index (κ2) is 22.0. The molecular weight excluding hydrogens is 1100 g/mol. The van der Waals surface area contributed by atoms with Crippen LogP contribution in [0.25, 0.3) is 33.6 Å². The zero-order chi connectivity index (χ0) is 67.4. The molecule has 3 heterocycles. The molecule has 0 amide bonds. The zero-order valence-electron chi connectivity index (χ0n) is 62.1. The number of hydrogen-bond donors (Lipinski definition) is 0. The minimum absolute atomic E-state index is 0.0808.